The summed E-state index contributed by atoms with van der Waals surface area (Å²) in [4.78, 5) is 22.6. The Labute approximate surface area is 118 Å². The summed E-state index contributed by atoms with van der Waals surface area (Å²) in [5.41, 5.74) is 1.08. The quantitative estimate of drug-likeness (QED) is 0.800. The minimum absolute atomic E-state index is 0.129. The number of aliphatic carboxylic acids is 1. The lowest BCUT2D eigenvalue weighted by molar-refractivity contribution is -0.143. The summed E-state index contributed by atoms with van der Waals surface area (Å²) in [5, 5.41) is 11.5. The second-order valence-electron chi connectivity index (χ2n) is 5.04. The predicted octanol–water partition coefficient (Wildman–Crippen LogP) is 1.99. The van der Waals surface area contributed by atoms with Gasteiger partial charge in [-0.25, -0.2) is 4.79 Å². The van der Waals surface area contributed by atoms with Crippen LogP contribution in [-0.2, 0) is 9.59 Å². The van der Waals surface area contributed by atoms with Gasteiger partial charge in [-0.2, -0.15) is 0 Å². The van der Waals surface area contributed by atoms with E-state index in [1.165, 1.54) is 0 Å². The van der Waals surface area contributed by atoms with E-state index in [-0.39, 0.29) is 24.9 Å². The van der Waals surface area contributed by atoms with Gasteiger partial charge in [0.1, 0.15) is 11.8 Å². The number of benzene rings is 1. The van der Waals surface area contributed by atoms with Gasteiger partial charge in [-0.15, -0.1) is 0 Å². The molecule has 0 aliphatic rings. The standard InChI is InChI=1S/C15H21NO4/c1-10(2)14(15(18)19)16-13(17)7-8-20-12-6-4-5-11(3)9-12/h4-6,9-10,14H,7-8H2,1-3H3,(H,16,17)(H,18,19)/t14-/m1/s1. The van der Waals surface area contributed by atoms with Gasteiger partial charge in [-0.3, -0.25) is 4.79 Å². The smallest absolute Gasteiger partial charge is 0.326 e. The molecule has 0 saturated carbocycles. The molecule has 0 fully saturated rings. The fraction of sp³-hybridized carbons (Fsp3) is 0.467. The van der Waals surface area contributed by atoms with E-state index in [2.05, 4.69) is 5.32 Å². The number of carboxylic acid groups (broad SMARTS) is 1. The Balaban J connectivity index is 2.38. The van der Waals surface area contributed by atoms with Crippen LogP contribution in [0.15, 0.2) is 24.3 Å². The van der Waals surface area contributed by atoms with Crippen molar-refractivity contribution in [3.8, 4) is 5.75 Å². The molecule has 0 aliphatic carbocycles. The minimum Gasteiger partial charge on any atom is -0.493 e. The number of nitrogens with one attached hydrogen (secondary N) is 1. The molecule has 5 nitrogen and oxygen atoms in total. The van der Waals surface area contributed by atoms with Crippen LogP contribution in [0.25, 0.3) is 0 Å². The van der Waals surface area contributed by atoms with Crippen molar-refractivity contribution < 1.29 is 19.4 Å². The van der Waals surface area contributed by atoms with E-state index in [0.29, 0.717) is 5.75 Å². The zero-order valence-electron chi connectivity index (χ0n) is 12.1. The van der Waals surface area contributed by atoms with Gasteiger partial charge in [0.2, 0.25) is 5.91 Å². The van der Waals surface area contributed by atoms with E-state index in [1.54, 1.807) is 13.8 Å². The normalized spacial score (nSPS) is 12.0. The lowest BCUT2D eigenvalue weighted by atomic mass is 10.0. The summed E-state index contributed by atoms with van der Waals surface area (Å²) in [6, 6.07) is 6.68. The second kappa shape index (κ2) is 7.53. The Morgan fingerprint density at radius 3 is 2.60 bits per heavy atom. The van der Waals surface area contributed by atoms with Crippen molar-refractivity contribution in [1.29, 1.82) is 0 Å². The summed E-state index contributed by atoms with van der Waals surface area (Å²) >= 11 is 0. The summed E-state index contributed by atoms with van der Waals surface area (Å²) in [6.45, 7) is 5.68. The number of rotatable bonds is 7. The summed E-state index contributed by atoms with van der Waals surface area (Å²) in [6.07, 6.45) is 0.129. The third kappa shape index (κ3) is 5.30. The van der Waals surface area contributed by atoms with Gasteiger partial charge < -0.3 is 15.2 Å². The Morgan fingerprint density at radius 2 is 2.05 bits per heavy atom. The average Bonchev–Trinajstić information content (AvgIpc) is 2.35. The number of carboxylic acids is 1. The highest BCUT2D eigenvalue weighted by Crippen LogP contribution is 2.12. The van der Waals surface area contributed by atoms with Crippen molar-refractivity contribution in [2.45, 2.75) is 33.2 Å². The maximum absolute atomic E-state index is 11.7. The molecule has 1 aromatic carbocycles. The molecule has 110 valence electrons. The highest BCUT2D eigenvalue weighted by molar-refractivity contribution is 5.83. The molecular weight excluding hydrogens is 258 g/mol. The molecule has 0 bridgehead atoms. The molecule has 0 heterocycles. The van der Waals surface area contributed by atoms with Crippen LogP contribution in [0, 0.1) is 12.8 Å². The molecule has 1 atom stereocenters. The van der Waals surface area contributed by atoms with Gasteiger partial charge in [0.05, 0.1) is 13.0 Å². The van der Waals surface area contributed by atoms with Gasteiger partial charge in [-0.05, 0) is 30.5 Å². The van der Waals surface area contributed by atoms with Crippen molar-refractivity contribution in [3.05, 3.63) is 29.8 Å². The van der Waals surface area contributed by atoms with Gasteiger partial charge in [0.25, 0.3) is 0 Å². The molecule has 1 amide bonds. The Morgan fingerprint density at radius 1 is 1.35 bits per heavy atom. The van der Waals surface area contributed by atoms with E-state index in [9.17, 15) is 9.59 Å². The lowest BCUT2D eigenvalue weighted by Gasteiger charge is -2.17. The molecule has 1 aromatic rings. The zero-order valence-corrected chi connectivity index (χ0v) is 12.1. The fourth-order valence-corrected chi connectivity index (χ4v) is 1.73. The van der Waals surface area contributed by atoms with Crippen molar-refractivity contribution in [2.24, 2.45) is 5.92 Å². The van der Waals surface area contributed by atoms with Crippen molar-refractivity contribution in [1.82, 2.24) is 5.32 Å². The van der Waals surface area contributed by atoms with E-state index in [1.807, 2.05) is 31.2 Å². The van der Waals surface area contributed by atoms with Crippen LogP contribution in [0.1, 0.15) is 25.8 Å². The Kier molecular flexibility index (Phi) is 6.03. The molecule has 20 heavy (non-hydrogen) atoms. The first-order valence-electron chi connectivity index (χ1n) is 6.61. The first kappa shape index (κ1) is 16.0. The molecule has 5 heteroatoms. The molecule has 0 aliphatic heterocycles. The zero-order chi connectivity index (χ0) is 15.1. The van der Waals surface area contributed by atoms with Gasteiger partial charge in [0.15, 0.2) is 0 Å². The summed E-state index contributed by atoms with van der Waals surface area (Å²) in [7, 11) is 0. The Hall–Kier alpha value is -2.04. The molecule has 0 aromatic heterocycles. The van der Waals surface area contributed by atoms with Gasteiger partial charge >= 0.3 is 5.97 Å². The molecular formula is C15H21NO4. The number of ether oxygens (including phenoxy) is 1. The number of carbonyl (C=O) groups is 2. The van der Waals surface area contributed by atoms with E-state index < -0.39 is 12.0 Å². The third-order valence-corrected chi connectivity index (χ3v) is 2.84. The van der Waals surface area contributed by atoms with E-state index in [0.717, 1.165) is 5.56 Å². The summed E-state index contributed by atoms with van der Waals surface area (Å²) < 4.78 is 5.45. The molecule has 2 N–H and O–H groups in total. The first-order valence-corrected chi connectivity index (χ1v) is 6.61. The lowest BCUT2D eigenvalue weighted by Crippen LogP contribution is -2.44. The molecule has 0 radical (unpaired) electrons. The number of hydrogen-bond acceptors (Lipinski definition) is 3. The van der Waals surface area contributed by atoms with Crippen molar-refractivity contribution in [2.75, 3.05) is 6.61 Å². The molecule has 0 unspecified atom stereocenters. The highest BCUT2D eigenvalue weighted by atomic mass is 16.5. The number of hydrogen-bond donors (Lipinski definition) is 2. The highest BCUT2D eigenvalue weighted by Gasteiger charge is 2.23. The SMILES string of the molecule is Cc1cccc(OCCC(=O)N[C@@H](C(=O)O)C(C)C)c1. The van der Waals surface area contributed by atoms with Crippen molar-refractivity contribution >= 4 is 11.9 Å². The first-order chi connectivity index (χ1) is 9.40. The summed E-state index contributed by atoms with van der Waals surface area (Å²) in [5.74, 6) is -0.794. The largest absolute Gasteiger partial charge is 0.493 e. The number of amides is 1. The molecule has 0 spiro atoms. The molecule has 1 rings (SSSR count). The predicted molar refractivity (Wildman–Crippen MR) is 75.7 cm³/mol. The van der Waals surface area contributed by atoms with Crippen LogP contribution < -0.4 is 10.1 Å². The van der Waals surface area contributed by atoms with Crippen LogP contribution in [0.2, 0.25) is 0 Å². The third-order valence-electron chi connectivity index (χ3n) is 2.84. The average molecular weight is 279 g/mol. The topological polar surface area (TPSA) is 75.6 Å². The van der Waals surface area contributed by atoms with Crippen LogP contribution in [0.3, 0.4) is 0 Å². The van der Waals surface area contributed by atoms with Gasteiger partial charge in [-0.1, -0.05) is 26.0 Å². The number of aryl methyl sites for hydroxylation is 1. The molecule has 0 saturated heterocycles. The van der Waals surface area contributed by atoms with Crippen LogP contribution in [0.5, 0.6) is 5.75 Å². The van der Waals surface area contributed by atoms with Crippen LogP contribution in [-0.4, -0.2) is 29.6 Å². The van der Waals surface area contributed by atoms with E-state index in [4.69, 9.17) is 9.84 Å². The maximum atomic E-state index is 11.7. The van der Waals surface area contributed by atoms with Crippen LogP contribution in [0.4, 0.5) is 0 Å². The van der Waals surface area contributed by atoms with Crippen LogP contribution >= 0.6 is 0 Å². The van der Waals surface area contributed by atoms with E-state index >= 15 is 0 Å². The maximum Gasteiger partial charge on any atom is 0.326 e. The minimum atomic E-state index is -1.02. The van der Waals surface area contributed by atoms with Crippen molar-refractivity contribution in [3.63, 3.8) is 0 Å². The fourth-order valence-electron chi connectivity index (χ4n) is 1.73. The Bertz CT molecular complexity index is 471. The second-order valence-corrected chi connectivity index (χ2v) is 5.04. The number of carbonyl (C=O) groups excluding carboxylic acids is 1. The van der Waals surface area contributed by atoms with Gasteiger partial charge in [0, 0.05) is 0 Å². The monoisotopic (exact) mass is 279 g/mol.